The minimum atomic E-state index is -1.11. The summed E-state index contributed by atoms with van der Waals surface area (Å²) in [5, 5.41) is 26.2. The molecule has 0 spiro atoms. The van der Waals surface area contributed by atoms with Crippen LogP contribution in [0.3, 0.4) is 0 Å². The van der Waals surface area contributed by atoms with E-state index < -0.39 is 35.2 Å². The average molecular weight is 1000 g/mol. The minimum absolute atomic E-state index is 0.00940. The van der Waals surface area contributed by atoms with Crippen LogP contribution in [0.4, 0.5) is 28.9 Å². The number of pyridine rings is 4. The van der Waals surface area contributed by atoms with Crippen molar-refractivity contribution in [3.8, 4) is 12.1 Å². The van der Waals surface area contributed by atoms with Crippen molar-refractivity contribution < 1.29 is 46.5 Å². The zero-order valence-corrected chi connectivity index (χ0v) is 39.1. The normalized spacial score (nSPS) is 10.0. The van der Waals surface area contributed by atoms with Crippen LogP contribution in [-0.2, 0) is 33.5 Å². The molecule has 6 heterocycles. The van der Waals surface area contributed by atoms with Crippen molar-refractivity contribution in [2.45, 2.75) is 53.9 Å². The predicted octanol–water partition coefficient (Wildman–Crippen LogP) is 10.2. The van der Waals surface area contributed by atoms with Gasteiger partial charge in [0.1, 0.15) is 59.3 Å². The number of carbonyl (C=O) groups is 3. The first-order valence-electron chi connectivity index (χ1n) is 18.3. The van der Waals surface area contributed by atoms with Gasteiger partial charge in [-0.05, 0) is 57.4 Å². The van der Waals surface area contributed by atoms with Crippen LogP contribution in [-0.4, -0.2) is 61.9 Å². The Morgan fingerprint density at radius 2 is 1.08 bits per heavy atom. The molecule has 6 rings (SSSR count). The number of carboxylic acid groups (broad SMARTS) is 1. The molecule has 5 N–H and O–H groups in total. The van der Waals surface area contributed by atoms with Gasteiger partial charge in [-0.1, -0.05) is 55.6 Å². The first-order valence-corrected chi connectivity index (χ1v) is 21.7. The number of hydrogen-bond donors (Lipinski definition) is 4. The quantitative estimate of drug-likeness (QED) is 0.0480. The third kappa shape index (κ3) is 14.8. The van der Waals surface area contributed by atoms with Crippen molar-refractivity contribution in [1.82, 2.24) is 19.9 Å². The number of anilines is 2. The molecule has 0 aliphatic heterocycles. The lowest BCUT2D eigenvalue weighted by Crippen LogP contribution is -2.04. The van der Waals surface area contributed by atoms with Crippen LogP contribution in [0.15, 0.2) is 24.3 Å². The van der Waals surface area contributed by atoms with Gasteiger partial charge in [-0.25, -0.2) is 47.1 Å². The van der Waals surface area contributed by atoms with Crippen molar-refractivity contribution in [1.29, 1.82) is 10.5 Å². The number of esters is 2. The fourth-order valence-electron chi connectivity index (χ4n) is 4.67. The highest BCUT2D eigenvalue weighted by Gasteiger charge is 2.20. The summed E-state index contributed by atoms with van der Waals surface area (Å²) in [6.07, 6.45) is 1.42. The van der Waals surface area contributed by atoms with E-state index in [9.17, 15) is 31.9 Å². The summed E-state index contributed by atoms with van der Waals surface area (Å²) in [5.74, 6) is -3.75. The molecule has 0 radical (unpaired) electrons. The number of nitrogen functional groups attached to an aromatic ring is 2. The number of nitriles is 2. The van der Waals surface area contributed by atoms with Crippen LogP contribution in [0.5, 0.6) is 0 Å². The second-order valence-corrected chi connectivity index (χ2v) is 15.2. The Morgan fingerprint density at radius 1 is 0.672 bits per heavy atom. The lowest BCUT2D eigenvalue weighted by atomic mass is 10.2. The maximum absolute atomic E-state index is 13.6. The van der Waals surface area contributed by atoms with Crippen molar-refractivity contribution >= 4 is 120 Å². The smallest absolute Gasteiger partial charge is 0.350 e. The molecular formula is C40H37Cl3F4N8O6S3. The second-order valence-electron chi connectivity index (χ2n) is 11.9. The van der Waals surface area contributed by atoms with E-state index in [1.807, 2.05) is 6.92 Å². The number of aromatic carboxylic acids is 1. The van der Waals surface area contributed by atoms with Crippen LogP contribution in [0.25, 0.3) is 20.4 Å². The zero-order valence-electron chi connectivity index (χ0n) is 34.3. The van der Waals surface area contributed by atoms with E-state index in [-0.39, 0.29) is 66.0 Å². The van der Waals surface area contributed by atoms with E-state index in [1.54, 1.807) is 39.8 Å². The largest absolute Gasteiger partial charge is 0.477 e. The number of nitrogens with zero attached hydrogens (tertiary/aromatic N) is 6. The number of thiol groups is 1. The van der Waals surface area contributed by atoms with Gasteiger partial charge in [0.2, 0.25) is 0 Å². The van der Waals surface area contributed by atoms with Gasteiger partial charge < -0.3 is 26.0 Å². The predicted molar refractivity (Wildman–Crippen MR) is 242 cm³/mol. The van der Waals surface area contributed by atoms with Gasteiger partial charge in [-0.3, -0.25) is 4.79 Å². The summed E-state index contributed by atoms with van der Waals surface area (Å²) in [6, 6.07) is 8.05. The number of fused-ring (bicyclic) bond motifs is 2. The zero-order chi connectivity index (χ0) is 48.4. The van der Waals surface area contributed by atoms with Gasteiger partial charge in [0.05, 0.1) is 58.6 Å². The molecular weight excluding hydrogens is 967 g/mol. The summed E-state index contributed by atoms with van der Waals surface area (Å²) in [6.45, 7) is 9.57. The number of hydrogen-bond acceptors (Lipinski definition) is 16. The highest BCUT2D eigenvalue weighted by atomic mass is 35.5. The van der Waals surface area contributed by atoms with Crippen LogP contribution in [0, 0.1) is 45.9 Å². The number of carboxylic acids is 1. The van der Waals surface area contributed by atoms with E-state index >= 15 is 0 Å². The fourth-order valence-corrected chi connectivity index (χ4v) is 7.25. The molecule has 0 unspecified atom stereocenters. The molecule has 0 aliphatic carbocycles. The third-order valence-electron chi connectivity index (χ3n) is 7.72. The van der Waals surface area contributed by atoms with Gasteiger partial charge in [0.15, 0.2) is 11.0 Å². The van der Waals surface area contributed by atoms with Gasteiger partial charge in [-0.15, -0.1) is 22.7 Å². The summed E-state index contributed by atoms with van der Waals surface area (Å²) in [7, 11) is 0. The molecule has 0 bridgehead atoms. The Hall–Kier alpha value is -5.55. The van der Waals surface area contributed by atoms with Crippen molar-refractivity contribution in [3.63, 3.8) is 0 Å². The van der Waals surface area contributed by atoms with E-state index in [0.717, 1.165) is 34.8 Å². The molecule has 24 heteroatoms. The summed E-state index contributed by atoms with van der Waals surface area (Å²) in [5.41, 5.74) is 12.8. The van der Waals surface area contributed by atoms with Gasteiger partial charge >= 0.3 is 17.9 Å². The van der Waals surface area contributed by atoms with E-state index in [2.05, 4.69) is 37.3 Å². The third-order valence-corrected chi connectivity index (χ3v) is 11.0. The lowest BCUT2D eigenvalue weighted by Gasteiger charge is -1.99. The lowest BCUT2D eigenvalue weighted by molar-refractivity contribution is -0.139. The molecule has 64 heavy (non-hydrogen) atoms. The number of aryl methyl sites for hydroxylation is 3. The summed E-state index contributed by atoms with van der Waals surface area (Å²) >= 11 is 22.0. The van der Waals surface area contributed by atoms with Gasteiger partial charge in [0.25, 0.3) is 0 Å². The average Bonchev–Trinajstić information content (AvgIpc) is 3.77. The summed E-state index contributed by atoms with van der Waals surface area (Å²) in [4.78, 5) is 49.3. The van der Waals surface area contributed by atoms with Crippen LogP contribution in [0.2, 0.25) is 15.5 Å². The monoisotopic (exact) mass is 1000 g/mol. The topological polar surface area (TPSA) is 241 Å². The Morgan fingerprint density at radius 3 is 1.48 bits per heavy atom. The molecule has 0 atom stereocenters. The number of aromatic nitrogens is 4. The van der Waals surface area contributed by atoms with E-state index in [1.165, 1.54) is 12.1 Å². The highest BCUT2D eigenvalue weighted by Crippen LogP contribution is 2.35. The standard InChI is InChI=1S/C12H13FN2O2S.C10H9FN2O2S.C8H6ClFN2.C6HCl2FN2.C4H8O2S/c1-3-8-7(13)5-6-9(14)10(12(16)17-4-2)18-11(6)15-8;1-2-6-5(11)3-4-7(12)8(10(14)15)16-9(4)13-6;1-2-7-6(10)3-5(4-11)8(9)12-7;7-5-3(2-10)1-4(9)6(8)11-5;1-2-6-4(5)3-7/h5H,3-4,14H2,1-2H3;3H,2,12H2,1H3,(H,14,15);3H,2H2,1H3;1H;7H,2-3H2,1H3. The number of rotatable bonds is 8. The molecule has 0 fully saturated rings. The molecule has 6 aromatic rings. The molecule has 6 aromatic heterocycles. The number of halogens is 7. The first-order chi connectivity index (χ1) is 30.3. The highest BCUT2D eigenvalue weighted by molar-refractivity contribution is 7.81. The molecule has 0 aliphatic rings. The number of ether oxygens (including phenoxy) is 2. The Labute approximate surface area is 392 Å². The van der Waals surface area contributed by atoms with Gasteiger partial charge in [0, 0.05) is 10.8 Å². The number of nitrogens with two attached hydrogens (primary N) is 2. The second kappa shape index (κ2) is 26.3. The molecule has 14 nitrogen and oxygen atoms in total. The molecule has 0 aromatic carbocycles. The SMILES string of the molecule is CCOC(=O)CS.CCOC(=O)c1sc2nc(CC)c(F)cc2c1N.CCc1nc(Cl)c(C#N)cc1F.CCc1nc2sc(C(=O)O)c(N)c2cc1F.N#Cc1cc(F)c(Cl)nc1Cl. The molecule has 340 valence electrons. The Kier molecular flexibility index (Phi) is 22.4. The minimum Gasteiger partial charge on any atom is -0.477 e. The molecule has 0 saturated carbocycles. The van der Waals surface area contributed by atoms with Crippen molar-refractivity contribution in [3.05, 3.63) is 101 Å². The van der Waals surface area contributed by atoms with Crippen molar-refractivity contribution in [2.75, 3.05) is 30.4 Å². The van der Waals surface area contributed by atoms with Crippen LogP contribution >= 0.6 is 70.1 Å². The van der Waals surface area contributed by atoms with E-state index in [4.69, 9.17) is 66.6 Å². The maximum Gasteiger partial charge on any atom is 0.350 e. The Balaban J connectivity index is 0.000000284. The van der Waals surface area contributed by atoms with Crippen LogP contribution in [0.1, 0.15) is 82.2 Å². The maximum atomic E-state index is 13.6. The number of carbonyl (C=O) groups excluding carboxylic acids is 2. The first kappa shape index (κ1) is 54.6. The number of thiophene rings is 2. The molecule has 0 amide bonds. The van der Waals surface area contributed by atoms with Crippen LogP contribution < -0.4 is 11.5 Å². The fraction of sp³-hybridized carbons (Fsp3) is 0.275. The summed E-state index contributed by atoms with van der Waals surface area (Å²) < 4.78 is 61.9. The van der Waals surface area contributed by atoms with Crippen molar-refractivity contribution in [2.24, 2.45) is 0 Å². The van der Waals surface area contributed by atoms with Gasteiger partial charge in [-0.2, -0.15) is 23.2 Å². The molecule has 0 saturated heterocycles. The van der Waals surface area contributed by atoms with E-state index in [0.29, 0.717) is 63.4 Å². The Bertz CT molecular complexity index is 2730.